The molecule has 10 heteroatoms. The SMILES string of the molecule is COC(=O)Cn1c(=NC(=O)c2cn(C)nc2OC)sc2cc(OC)ccc21. The number of carbonyl (C=O) groups is 2. The molecule has 0 N–H and O–H groups in total. The molecule has 0 saturated carbocycles. The standard InChI is InChI=1S/C17H18N4O5S/c1-20-8-11(16(19-20)26-4)15(23)18-17-21(9-14(22)25-3)12-6-5-10(24-2)7-13(12)27-17/h5-8H,9H2,1-4H3. The molecule has 0 spiro atoms. The molecular formula is C17H18N4O5S. The summed E-state index contributed by atoms with van der Waals surface area (Å²) in [7, 11) is 5.99. The van der Waals surface area contributed by atoms with E-state index in [0.717, 1.165) is 10.2 Å². The molecule has 2 aromatic heterocycles. The van der Waals surface area contributed by atoms with Gasteiger partial charge in [0.2, 0.25) is 5.88 Å². The van der Waals surface area contributed by atoms with Crippen LogP contribution in [0.25, 0.3) is 10.2 Å². The van der Waals surface area contributed by atoms with Crippen molar-refractivity contribution in [2.24, 2.45) is 12.0 Å². The lowest BCUT2D eigenvalue weighted by Gasteiger charge is -2.04. The van der Waals surface area contributed by atoms with Crippen LogP contribution in [0.4, 0.5) is 0 Å². The zero-order valence-corrected chi connectivity index (χ0v) is 16.1. The topological polar surface area (TPSA) is 96.9 Å². The maximum atomic E-state index is 12.7. The lowest BCUT2D eigenvalue weighted by Crippen LogP contribution is -2.22. The summed E-state index contributed by atoms with van der Waals surface area (Å²) in [5.41, 5.74) is 0.982. The van der Waals surface area contributed by atoms with Crippen molar-refractivity contribution in [3.63, 3.8) is 0 Å². The molecule has 142 valence electrons. The number of rotatable bonds is 5. The third-order valence-corrected chi connectivity index (χ3v) is 4.86. The normalized spacial score (nSPS) is 11.6. The third kappa shape index (κ3) is 3.70. The second-order valence-corrected chi connectivity index (χ2v) is 6.53. The van der Waals surface area contributed by atoms with E-state index in [9.17, 15) is 9.59 Å². The van der Waals surface area contributed by atoms with E-state index in [1.165, 1.54) is 36.4 Å². The first-order chi connectivity index (χ1) is 13.0. The Hall–Kier alpha value is -3.14. The number of aromatic nitrogens is 3. The quantitative estimate of drug-likeness (QED) is 0.611. The molecular weight excluding hydrogens is 372 g/mol. The van der Waals surface area contributed by atoms with Crippen LogP contribution in [0, 0.1) is 0 Å². The van der Waals surface area contributed by atoms with E-state index in [1.807, 2.05) is 12.1 Å². The Bertz CT molecular complexity index is 1080. The van der Waals surface area contributed by atoms with Crippen LogP contribution in [0.5, 0.6) is 11.6 Å². The van der Waals surface area contributed by atoms with Gasteiger partial charge in [-0.15, -0.1) is 5.10 Å². The van der Waals surface area contributed by atoms with Gasteiger partial charge in [0.1, 0.15) is 17.9 Å². The number of hydrogen-bond acceptors (Lipinski definition) is 7. The number of fused-ring (bicyclic) bond motifs is 1. The van der Waals surface area contributed by atoms with Gasteiger partial charge in [0.15, 0.2) is 4.80 Å². The summed E-state index contributed by atoms with van der Waals surface area (Å²) in [5, 5.41) is 4.06. The summed E-state index contributed by atoms with van der Waals surface area (Å²) in [4.78, 5) is 29.1. The van der Waals surface area contributed by atoms with Crippen molar-refractivity contribution in [2.75, 3.05) is 21.3 Å². The van der Waals surface area contributed by atoms with Gasteiger partial charge in [-0.05, 0) is 18.2 Å². The van der Waals surface area contributed by atoms with Crippen molar-refractivity contribution in [3.05, 3.63) is 34.8 Å². The summed E-state index contributed by atoms with van der Waals surface area (Å²) in [5.74, 6) is -0.107. The van der Waals surface area contributed by atoms with Crippen LogP contribution in [0.15, 0.2) is 29.4 Å². The Morgan fingerprint density at radius 3 is 2.67 bits per heavy atom. The summed E-state index contributed by atoms with van der Waals surface area (Å²) in [6.45, 7) is -0.0703. The van der Waals surface area contributed by atoms with Crippen LogP contribution < -0.4 is 14.3 Å². The zero-order valence-electron chi connectivity index (χ0n) is 15.3. The van der Waals surface area contributed by atoms with Crippen molar-refractivity contribution < 1.29 is 23.8 Å². The summed E-state index contributed by atoms with van der Waals surface area (Å²) < 4.78 is 19.0. The number of benzene rings is 1. The molecule has 9 nitrogen and oxygen atoms in total. The molecule has 3 aromatic rings. The highest BCUT2D eigenvalue weighted by Gasteiger charge is 2.18. The Morgan fingerprint density at radius 2 is 2.00 bits per heavy atom. The average molecular weight is 390 g/mol. The van der Waals surface area contributed by atoms with E-state index in [0.29, 0.717) is 10.6 Å². The second-order valence-electron chi connectivity index (χ2n) is 5.52. The third-order valence-electron chi connectivity index (χ3n) is 3.82. The van der Waals surface area contributed by atoms with Gasteiger partial charge < -0.3 is 18.8 Å². The molecule has 0 unspecified atom stereocenters. The van der Waals surface area contributed by atoms with Crippen LogP contribution in [-0.2, 0) is 23.1 Å². The molecule has 0 aliphatic carbocycles. The molecule has 27 heavy (non-hydrogen) atoms. The lowest BCUT2D eigenvalue weighted by atomic mass is 10.3. The monoisotopic (exact) mass is 390 g/mol. The minimum atomic E-state index is -0.517. The Labute approximate surface area is 158 Å². The number of hydrogen-bond donors (Lipinski definition) is 0. The maximum Gasteiger partial charge on any atom is 0.325 e. The molecule has 2 heterocycles. The van der Waals surface area contributed by atoms with Crippen LogP contribution in [-0.4, -0.2) is 47.6 Å². The van der Waals surface area contributed by atoms with Gasteiger partial charge in [-0.1, -0.05) is 11.3 Å². The highest BCUT2D eigenvalue weighted by molar-refractivity contribution is 7.16. The van der Waals surface area contributed by atoms with Crippen molar-refractivity contribution in [3.8, 4) is 11.6 Å². The van der Waals surface area contributed by atoms with E-state index in [-0.39, 0.29) is 18.0 Å². The van der Waals surface area contributed by atoms with Gasteiger partial charge in [-0.3, -0.25) is 14.3 Å². The first-order valence-corrected chi connectivity index (χ1v) is 8.69. The zero-order chi connectivity index (χ0) is 19.6. The van der Waals surface area contributed by atoms with Gasteiger partial charge in [0, 0.05) is 13.2 Å². The molecule has 0 bridgehead atoms. The number of thiazole rings is 1. The van der Waals surface area contributed by atoms with E-state index in [2.05, 4.69) is 10.1 Å². The van der Waals surface area contributed by atoms with Gasteiger partial charge in [-0.2, -0.15) is 4.99 Å². The highest BCUT2D eigenvalue weighted by atomic mass is 32.1. The molecule has 1 aromatic carbocycles. The number of aryl methyl sites for hydroxylation is 1. The number of nitrogens with zero attached hydrogens (tertiary/aromatic N) is 4. The van der Waals surface area contributed by atoms with Crippen LogP contribution in [0.1, 0.15) is 10.4 Å². The Kier molecular flexibility index (Phi) is 5.26. The second kappa shape index (κ2) is 7.62. The molecule has 1 amide bonds. The van der Waals surface area contributed by atoms with Crippen molar-refractivity contribution >= 4 is 33.4 Å². The van der Waals surface area contributed by atoms with E-state index >= 15 is 0 Å². The van der Waals surface area contributed by atoms with Crippen LogP contribution in [0.3, 0.4) is 0 Å². The predicted molar refractivity (Wildman–Crippen MR) is 98.0 cm³/mol. The fraction of sp³-hybridized carbons (Fsp3) is 0.294. The Morgan fingerprint density at radius 1 is 1.22 bits per heavy atom. The number of ether oxygens (including phenoxy) is 3. The van der Waals surface area contributed by atoms with Gasteiger partial charge in [0.25, 0.3) is 5.91 Å². The fourth-order valence-corrected chi connectivity index (χ4v) is 3.58. The van der Waals surface area contributed by atoms with E-state index in [4.69, 9.17) is 14.2 Å². The number of carbonyl (C=O) groups excluding carboxylic acids is 2. The first kappa shape index (κ1) is 18.6. The molecule has 0 fully saturated rings. The van der Waals surface area contributed by atoms with Crippen molar-refractivity contribution in [1.29, 1.82) is 0 Å². The summed E-state index contributed by atoms with van der Waals surface area (Å²) >= 11 is 1.27. The van der Waals surface area contributed by atoms with Crippen molar-refractivity contribution in [1.82, 2.24) is 14.3 Å². The number of esters is 1. The first-order valence-electron chi connectivity index (χ1n) is 7.87. The smallest absolute Gasteiger partial charge is 0.325 e. The Balaban J connectivity index is 2.15. The number of amides is 1. The van der Waals surface area contributed by atoms with Crippen molar-refractivity contribution in [2.45, 2.75) is 6.54 Å². The summed E-state index contributed by atoms with van der Waals surface area (Å²) in [6.07, 6.45) is 1.53. The van der Waals surface area contributed by atoms with Gasteiger partial charge in [0.05, 0.1) is 31.5 Å². The molecule has 0 aliphatic rings. The largest absolute Gasteiger partial charge is 0.497 e. The number of methoxy groups -OCH3 is 3. The van der Waals surface area contributed by atoms with Crippen LogP contribution >= 0.6 is 11.3 Å². The van der Waals surface area contributed by atoms with Gasteiger partial charge >= 0.3 is 5.97 Å². The minimum Gasteiger partial charge on any atom is -0.497 e. The maximum absolute atomic E-state index is 12.7. The van der Waals surface area contributed by atoms with Gasteiger partial charge in [-0.25, -0.2) is 0 Å². The molecule has 0 radical (unpaired) electrons. The molecule has 3 rings (SSSR count). The molecule has 0 atom stereocenters. The summed E-state index contributed by atoms with van der Waals surface area (Å²) in [6, 6.07) is 5.41. The average Bonchev–Trinajstić information content (AvgIpc) is 3.21. The lowest BCUT2D eigenvalue weighted by molar-refractivity contribution is -0.141. The fourth-order valence-electron chi connectivity index (χ4n) is 2.52. The predicted octanol–water partition coefficient (Wildman–Crippen LogP) is 1.37. The molecule has 0 saturated heterocycles. The van der Waals surface area contributed by atoms with E-state index < -0.39 is 11.9 Å². The van der Waals surface area contributed by atoms with Crippen LogP contribution in [0.2, 0.25) is 0 Å². The van der Waals surface area contributed by atoms with E-state index in [1.54, 1.807) is 24.8 Å². The molecule has 0 aliphatic heterocycles. The highest BCUT2D eigenvalue weighted by Crippen LogP contribution is 2.23. The minimum absolute atomic E-state index is 0.0703.